The maximum absolute atomic E-state index is 10.1. The highest BCUT2D eigenvalue weighted by atomic mass is 32.2. The van der Waals surface area contributed by atoms with E-state index in [0.717, 1.165) is 0 Å². The summed E-state index contributed by atoms with van der Waals surface area (Å²) in [7, 11) is -3.95. The van der Waals surface area contributed by atoms with Gasteiger partial charge >= 0.3 is 0 Å². The topological polar surface area (TPSA) is 104 Å². The SMILES string of the molecule is O=S(=O)(O)CCCOC(O)CO. The molecule has 0 fully saturated rings. The van der Waals surface area contributed by atoms with Gasteiger partial charge in [0.05, 0.1) is 19.0 Å². The average molecular weight is 200 g/mol. The summed E-state index contributed by atoms with van der Waals surface area (Å²) in [5.41, 5.74) is 0. The summed E-state index contributed by atoms with van der Waals surface area (Å²) in [5.74, 6) is -0.412. The molecule has 0 aliphatic rings. The quantitative estimate of drug-likeness (QED) is 0.276. The molecule has 0 saturated heterocycles. The van der Waals surface area contributed by atoms with E-state index in [1.165, 1.54) is 0 Å². The van der Waals surface area contributed by atoms with Crippen molar-refractivity contribution in [2.75, 3.05) is 19.0 Å². The molecule has 0 aromatic rings. The zero-order valence-corrected chi connectivity index (χ0v) is 7.20. The van der Waals surface area contributed by atoms with Gasteiger partial charge in [-0.3, -0.25) is 4.55 Å². The number of ether oxygens (including phenoxy) is 1. The Bertz CT molecular complexity index is 198. The molecule has 0 bridgehead atoms. The highest BCUT2D eigenvalue weighted by molar-refractivity contribution is 7.85. The van der Waals surface area contributed by atoms with E-state index < -0.39 is 28.8 Å². The number of aliphatic hydroxyl groups is 2. The van der Waals surface area contributed by atoms with Crippen molar-refractivity contribution in [2.24, 2.45) is 0 Å². The molecule has 0 radical (unpaired) electrons. The summed E-state index contributed by atoms with van der Waals surface area (Å²) < 4.78 is 33.0. The molecule has 0 aliphatic carbocycles. The lowest BCUT2D eigenvalue weighted by Gasteiger charge is -2.07. The van der Waals surface area contributed by atoms with Crippen LogP contribution in [0.5, 0.6) is 0 Å². The van der Waals surface area contributed by atoms with E-state index in [4.69, 9.17) is 14.8 Å². The lowest BCUT2D eigenvalue weighted by molar-refractivity contribution is -0.124. The Kier molecular flexibility index (Phi) is 5.34. The van der Waals surface area contributed by atoms with Crippen molar-refractivity contribution in [3.8, 4) is 0 Å². The fourth-order valence-electron chi connectivity index (χ4n) is 0.513. The molecule has 0 aliphatic heterocycles. The number of aliphatic hydroxyl groups excluding tert-OH is 2. The zero-order chi connectivity index (χ0) is 9.61. The average Bonchev–Trinajstić information content (AvgIpc) is 1.96. The highest BCUT2D eigenvalue weighted by Crippen LogP contribution is 1.92. The van der Waals surface area contributed by atoms with Crippen LogP contribution in [-0.2, 0) is 14.9 Å². The number of rotatable bonds is 6. The Morgan fingerprint density at radius 2 is 2.00 bits per heavy atom. The van der Waals surface area contributed by atoms with Crippen LogP contribution in [0.1, 0.15) is 6.42 Å². The Balaban J connectivity index is 3.34. The van der Waals surface area contributed by atoms with Crippen LogP contribution in [0.25, 0.3) is 0 Å². The lowest BCUT2D eigenvalue weighted by Crippen LogP contribution is -2.18. The van der Waals surface area contributed by atoms with Crippen molar-refractivity contribution in [1.82, 2.24) is 0 Å². The molecule has 74 valence electrons. The Hall–Kier alpha value is -0.210. The normalized spacial score (nSPS) is 14.6. The van der Waals surface area contributed by atoms with Gasteiger partial charge in [-0.25, -0.2) is 0 Å². The van der Waals surface area contributed by atoms with Gasteiger partial charge in [0.25, 0.3) is 10.1 Å². The van der Waals surface area contributed by atoms with E-state index in [0.29, 0.717) is 0 Å². The van der Waals surface area contributed by atoms with Crippen molar-refractivity contribution >= 4 is 10.1 Å². The maximum atomic E-state index is 10.1. The fraction of sp³-hybridized carbons (Fsp3) is 1.00. The minimum absolute atomic E-state index is 0.0263. The molecule has 0 amide bonds. The zero-order valence-electron chi connectivity index (χ0n) is 6.38. The first kappa shape index (κ1) is 11.8. The van der Waals surface area contributed by atoms with E-state index in [1.807, 2.05) is 0 Å². The van der Waals surface area contributed by atoms with Crippen LogP contribution in [0.15, 0.2) is 0 Å². The summed E-state index contributed by atoms with van der Waals surface area (Å²) in [5, 5.41) is 16.9. The minimum atomic E-state index is -3.95. The van der Waals surface area contributed by atoms with Crippen molar-refractivity contribution in [3.05, 3.63) is 0 Å². The summed E-state index contributed by atoms with van der Waals surface area (Å²) in [4.78, 5) is 0. The molecular formula is C5H12O6S. The van der Waals surface area contributed by atoms with Gasteiger partial charge < -0.3 is 14.9 Å². The molecule has 0 saturated carbocycles. The van der Waals surface area contributed by atoms with Crippen LogP contribution in [0.2, 0.25) is 0 Å². The molecule has 0 spiro atoms. The van der Waals surface area contributed by atoms with Gasteiger partial charge in [0.2, 0.25) is 0 Å². The van der Waals surface area contributed by atoms with Gasteiger partial charge in [0, 0.05) is 0 Å². The van der Waals surface area contributed by atoms with Crippen LogP contribution in [-0.4, -0.2) is 48.4 Å². The van der Waals surface area contributed by atoms with Crippen LogP contribution in [0.3, 0.4) is 0 Å². The Morgan fingerprint density at radius 1 is 1.42 bits per heavy atom. The van der Waals surface area contributed by atoms with Crippen LogP contribution in [0.4, 0.5) is 0 Å². The fourth-order valence-corrected chi connectivity index (χ4v) is 0.996. The van der Waals surface area contributed by atoms with Crippen LogP contribution in [0, 0.1) is 0 Å². The van der Waals surface area contributed by atoms with E-state index >= 15 is 0 Å². The molecule has 0 heterocycles. The first-order valence-corrected chi connectivity index (χ1v) is 4.92. The van der Waals surface area contributed by atoms with Crippen molar-refractivity contribution in [3.63, 3.8) is 0 Å². The standard InChI is InChI=1S/C5H12O6S/c6-4-5(7)11-2-1-3-12(8,9)10/h5-7H,1-4H2,(H,8,9,10). The molecule has 1 unspecified atom stereocenters. The van der Waals surface area contributed by atoms with Gasteiger partial charge in [0.15, 0.2) is 6.29 Å². The summed E-state index contributed by atoms with van der Waals surface area (Å²) in [6.45, 7) is -0.562. The van der Waals surface area contributed by atoms with Gasteiger partial charge in [-0.2, -0.15) is 8.42 Å². The molecule has 0 rings (SSSR count). The van der Waals surface area contributed by atoms with Crippen LogP contribution < -0.4 is 0 Å². The predicted molar refractivity (Wildman–Crippen MR) is 40.1 cm³/mol. The van der Waals surface area contributed by atoms with Crippen molar-refractivity contribution in [1.29, 1.82) is 0 Å². The van der Waals surface area contributed by atoms with Gasteiger partial charge in [-0.15, -0.1) is 0 Å². The van der Waals surface area contributed by atoms with Crippen LogP contribution >= 0.6 is 0 Å². The number of hydrogen-bond acceptors (Lipinski definition) is 5. The molecule has 0 aromatic heterocycles. The third-order valence-corrected chi connectivity index (χ3v) is 1.82. The molecule has 6 nitrogen and oxygen atoms in total. The molecule has 1 atom stereocenters. The molecular weight excluding hydrogens is 188 g/mol. The predicted octanol–water partition coefficient (Wildman–Crippen LogP) is -1.41. The second kappa shape index (κ2) is 5.44. The smallest absolute Gasteiger partial charge is 0.264 e. The van der Waals surface area contributed by atoms with Gasteiger partial charge in [-0.1, -0.05) is 0 Å². The molecule has 3 N–H and O–H groups in total. The Labute approximate surface area is 70.5 Å². The molecule has 0 aromatic carbocycles. The van der Waals surface area contributed by atoms with Gasteiger partial charge in [0.1, 0.15) is 0 Å². The third kappa shape index (κ3) is 7.89. The van der Waals surface area contributed by atoms with Crippen molar-refractivity contribution in [2.45, 2.75) is 12.7 Å². The number of hydrogen-bond donors (Lipinski definition) is 3. The van der Waals surface area contributed by atoms with E-state index in [-0.39, 0.29) is 13.0 Å². The van der Waals surface area contributed by atoms with E-state index in [9.17, 15) is 8.42 Å². The second-order valence-corrected chi connectivity index (χ2v) is 3.72. The lowest BCUT2D eigenvalue weighted by atomic mass is 10.5. The van der Waals surface area contributed by atoms with E-state index in [1.54, 1.807) is 0 Å². The monoisotopic (exact) mass is 200 g/mol. The van der Waals surface area contributed by atoms with Gasteiger partial charge in [-0.05, 0) is 6.42 Å². The minimum Gasteiger partial charge on any atom is -0.391 e. The largest absolute Gasteiger partial charge is 0.391 e. The first-order chi connectivity index (χ1) is 5.45. The van der Waals surface area contributed by atoms with E-state index in [2.05, 4.69) is 4.74 Å². The Morgan fingerprint density at radius 3 is 2.42 bits per heavy atom. The third-order valence-electron chi connectivity index (χ3n) is 1.01. The summed E-state index contributed by atoms with van der Waals surface area (Å²) in [6, 6.07) is 0. The maximum Gasteiger partial charge on any atom is 0.264 e. The highest BCUT2D eigenvalue weighted by Gasteiger charge is 2.05. The second-order valence-electron chi connectivity index (χ2n) is 2.15. The molecule has 12 heavy (non-hydrogen) atoms. The molecule has 7 heteroatoms. The van der Waals surface area contributed by atoms with Crippen molar-refractivity contribution < 1.29 is 27.9 Å². The summed E-state index contributed by atoms with van der Waals surface area (Å²) in [6.07, 6.45) is -1.21. The summed E-state index contributed by atoms with van der Waals surface area (Å²) >= 11 is 0. The first-order valence-electron chi connectivity index (χ1n) is 3.31.